The average molecular weight is 520 g/mol. The second-order valence-electron chi connectivity index (χ2n) is 9.86. The van der Waals surface area contributed by atoms with Gasteiger partial charge in [-0.3, -0.25) is 0 Å². The van der Waals surface area contributed by atoms with Gasteiger partial charge in [0.25, 0.3) is 0 Å². The smallest absolute Gasteiger partial charge is 0.223 e. The molecule has 2 aliphatic rings. The Morgan fingerprint density at radius 2 is 1.69 bits per heavy atom. The van der Waals surface area contributed by atoms with E-state index in [2.05, 4.69) is 15.0 Å². The van der Waals surface area contributed by atoms with Gasteiger partial charge in [0.05, 0.1) is 16.2 Å². The fourth-order valence-electron chi connectivity index (χ4n) is 5.66. The zero-order valence-electron chi connectivity index (χ0n) is 19.6. The molecule has 2 unspecified atom stereocenters. The van der Waals surface area contributed by atoms with Gasteiger partial charge in [-0.2, -0.15) is 0 Å². The lowest BCUT2D eigenvalue weighted by Crippen LogP contribution is -2.21. The van der Waals surface area contributed by atoms with Crippen molar-refractivity contribution in [3.05, 3.63) is 77.7 Å². The van der Waals surface area contributed by atoms with Crippen molar-refractivity contribution in [3.63, 3.8) is 0 Å². The van der Waals surface area contributed by atoms with Crippen LogP contribution >= 0.6 is 23.5 Å². The molecule has 1 heterocycles. The van der Waals surface area contributed by atoms with Crippen molar-refractivity contribution in [3.8, 4) is 11.1 Å². The molecule has 0 aliphatic heterocycles. The van der Waals surface area contributed by atoms with Crippen LogP contribution in [0.4, 0.5) is 16.0 Å². The summed E-state index contributed by atoms with van der Waals surface area (Å²) in [5.41, 5.74) is 9.10. The summed E-state index contributed by atoms with van der Waals surface area (Å²) in [5, 5.41) is 5.08. The first kappa shape index (κ1) is 23.5. The highest BCUT2D eigenvalue weighted by Crippen LogP contribution is 2.44. The van der Waals surface area contributed by atoms with E-state index in [0.29, 0.717) is 28.7 Å². The number of halogens is 2. The number of nitrogens with zero attached hydrogens (tertiary/aromatic N) is 2. The lowest BCUT2D eigenvalue weighted by molar-refractivity contribution is 0.457. The van der Waals surface area contributed by atoms with Gasteiger partial charge in [0.1, 0.15) is 5.82 Å². The molecule has 0 saturated heterocycles. The summed E-state index contributed by atoms with van der Waals surface area (Å²) >= 11 is 7.47. The van der Waals surface area contributed by atoms with E-state index in [-0.39, 0.29) is 5.82 Å². The fraction of sp³-hybridized carbons (Fsp3) is 0.286. The molecule has 0 radical (unpaired) electrons. The quantitative estimate of drug-likeness (QED) is 0.235. The molecule has 3 aromatic carbocycles. The zero-order valence-corrected chi connectivity index (χ0v) is 21.2. The molecule has 8 heteroatoms. The van der Waals surface area contributed by atoms with Crippen molar-refractivity contribution in [2.24, 2.45) is 17.6 Å². The van der Waals surface area contributed by atoms with Crippen LogP contribution in [-0.2, 0) is 0 Å². The van der Waals surface area contributed by atoms with Crippen molar-refractivity contribution >= 4 is 46.1 Å². The second kappa shape index (κ2) is 9.88. The minimum absolute atomic E-state index is 0.328. The third-order valence-electron chi connectivity index (χ3n) is 7.38. The van der Waals surface area contributed by atoms with Gasteiger partial charge in [-0.05, 0) is 97.0 Å². The predicted octanol–water partition coefficient (Wildman–Crippen LogP) is 7.14. The normalized spacial score (nSPS) is 23.1. The van der Waals surface area contributed by atoms with Crippen LogP contribution in [0, 0.1) is 17.7 Å². The first-order valence-corrected chi connectivity index (χ1v) is 13.5. The van der Waals surface area contributed by atoms with Crippen LogP contribution in [0.5, 0.6) is 0 Å². The summed E-state index contributed by atoms with van der Waals surface area (Å²) in [6, 6.07) is 19.4. The second-order valence-corrected chi connectivity index (χ2v) is 11.1. The van der Waals surface area contributed by atoms with Gasteiger partial charge in [-0.25, -0.2) is 14.4 Å². The van der Waals surface area contributed by atoms with Crippen molar-refractivity contribution in [1.29, 1.82) is 0 Å². The molecule has 36 heavy (non-hydrogen) atoms. The highest BCUT2D eigenvalue weighted by Gasteiger charge is 2.40. The molecule has 4 N–H and O–H groups in total. The van der Waals surface area contributed by atoms with Crippen molar-refractivity contribution < 1.29 is 4.39 Å². The summed E-state index contributed by atoms with van der Waals surface area (Å²) in [7, 11) is 0. The minimum Gasteiger partial charge on any atom is -0.351 e. The van der Waals surface area contributed by atoms with E-state index in [9.17, 15) is 4.39 Å². The Labute approximate surface area is 219 Å². The van der Waals surface area contributed by atoms with Gasteiger partial charge < -0.3 is 15.8 Å². The molecule has 2 saturated carbocycles. The fourth-order valence-corrected chi connectivity index (χ4v) is 6.61. The lowest BCUT2D eigenvalue weighted by atomic mass is 10.0. The standard InChI is InChI=1S/C28H27ClFN5S/c29-23-3-1-2-4-27(23)36-35-26-8-6-17(14-24(26)30)16-5-7-25-20(9-16)15-32-28(34-25)33-22-12-18-10-21(31)11-19(18)13-22/h1-9,14-15,18-19,21-22,35H,10-13,31H2,(H,32,33,34). The molecule has 1 aromatic heterocycles. The van der Waals surface area contributed by atoms with Crippen LogP contribution in [0.2, 0.25) is 5.02 Å². The van der Waals surface area contributed by atoms with E-state index >= 15 is 0 Å². The molecule has 2 atom stereocenters. The summed E-state index contributed by atoms with van der Waals surface area (Å²) in [6.45, 7) is 0. The Morgan fingerprint density at radius 1 is 0.944 bits per heavy atom. The highest BCUT2D eigenvalue weighted by atomic mass is 35.5. The maximum Gasteiger partial charge on any atom is 0.223 e. The topological polar surface area (TPSA) is 75.9 Å². The summed E-state index contributed by atoms with van der Waals surface area (Å²) in [6.07, 6.45) is 6.41. The molecule has 2 aliphatic carbocycles. The van der Waals surface area contributed by atoms with E-state index in [4.69, 9.17) is 22.3 Å². The Balaban J connectivity index is 1.14. The molecule has 5 nitrogen and oxygen atoms in total. The number of nitrogens with two attached hydrogens (primary N) is 1. The lowest BCUT2D eigenvalue weighted by Gasteiger charge is -2.15. The largest absolute Gasteiger partial charge is 0.351 e. The number of benzene rings is 3. The first-order chi connectivity index (χ1) is 17.5. The zero-order chi connectivity index (χ0) is 24.6. The van der Waals surface area contributed by atoms with Crippen molar-refractivity contribution in [2.75, 3.05) is 10.0 Å². The number of hydrogen-bond acceptors (Lipinski definition) is 6. The van der Waals surface area contributed by atoms with Crippen LogP contribution in [0.25, 0.3) is 22.0 Å². The van der Waals surface area contributed by atoms with Gasteiger partial charge in [-0.15, -0.1) is 0 Å². The summed E-state index contributed by atoms with van der Waals surface area (Å²) in [4.78, 5) is 10.1. The molecule has 2 fully saturated rings. The minimum atomic E-state index is -0.328. The Bertz CT molecular complexity index is 1400. The summed E-state index contributed by atoms with van der Waals surface area (Å²) < 4.78 is 17.9. The van der Waals surface area contributed by atoms with E-state index in [1.54, 1.807) is 6.07 Å². The molecule has 0 amide bonds. The first-order valence-electron chi connectivity index (χ1n) is 12.3. The van der Waals surface area contributed by atoms with Gasteiger partial charge >= 0.3 is 0 Å². The number of aromatic nitrogens is 2. The molecule has 4 aromatic rings. The molecular formula is C28H27ClFN5S. The Hall–Kier alpha value is -2.87. The Morgan fingerprint density at radius 3 is 2.47 bits per heavy atom. The maximum absolute atomic E-state index is 14.9. The maximum atomic E-state index is 14.9. The number of anilines is 2. The third kappa shape index (κ3) is 4.88. The van der Waals surface area contributed by atoms with Gasteiger partial charge in [0.15, 0.2) is 0 Å². The number of hydrogen-bond donors (Lipinski definition) is 3. The number of fused-ring (bicyclic) bond motifs is 2. The molecule has 6 rings (SSSR count). The Kier molecular flexibility index (Phi) is 6.46. The van der Waals surface area contributed by atoms with E-state index in [1.165, 1.54) is 18.0 Å². The van der Waals surface area contributed by atoms with Crippen molar-refractivity contribution in [2.45, 2.75) is 42.7 Å². The van der Waals surface area contributed by atoms with Crippen LogP contribution in [0.15, 0.2) is 71.8 Å². The number of nitrogens with one attached hydrogen (secondary N) is 2. The van der Waals surface area contributed by atoms with Crippen LogP contribution < -0.4 is 15.8 Å². The van der Waals surface area contributed by atoms with E-state index in [1.807, 2.05) is 54.7 Å². The van der Waals surface area contributed by atoms with E-state index < -0.39 is 0 Å². The molecule has 184 valence electrons. The highest BCUT2D eigenvalue weighted by molar-refractivity contribution is 8.00. The SMILES string of the molecule is NC1CC2CC(Nc3ncc4cc(-c5ccc(NSc6ccccc6Cl)c(F)c5)ccc4n3)CC2C1. The van der Waals surface area contributed by atoms with Gasteiger partial charge in [0.2, 0.25) is 5.95 Å². The third-order valence-corrected chi connectivity index (χ3v) is 8.71. The van der Waals surface area contributed by atoms with E-state index in [0.717, 1.165) is 64.4 Å². The van der Waals surface area contributed by atoms with Crippen LogP contribution in [0.3, 0.4) is 0 Å². The van der Waals surface area contributed by atoms with Crippen LogP contribution in [-0.4, -0.2) is 22.1 Å². The van der Waals surface area contributed by atoms with Gasteiger partial charge in [0, 0.05) is 28.6 Å². The summed E-state index contributed by atoms with van der Waals surface area (Å²) in [5.74, 6) is 1.81. The van der Waals surface area contributed by atoms with Crippen LogP contribution in [0.1, 0.15) is 25.7 Å². The molecule has 0 spiro atoms. The van der Waals surface area contributed by atoms with Crippen molar-refractivity contribution in [1.82, 2.24) is 9.97 Å². The average Bonchev–Trinajstić information content (AvgIpc) is 3.40. The molecule has 0 bridgehead atoms. The van der Waals surface area contributed by atoms with Gasteiger partial charge in [-0.1, -0.05) is 35.9 Å². The predicted molar refractivity (Wildman–Crippen MR) is 147 cm³/mol. The molecular weight excluding hydrogens is 493 g/mol. The monoisotopic (exact) mass is 519 g/mol. The number of rotatable bonds is 6.